The second kappa shape index (κ2) is 6.93. The average Bonchev–Trinajstić information content (AvgIpc) is 3.27. The number of rotatable bonds is 5. The molecule has 0 aliphatic rings. The molecule has 0 saturated carbocycles. The number of para-hydroxylation sites is 2. The topological polar surface area (TPSA) is 79.9 Å². The fourth-order valence-electron chi connectivity index (χ4n) is 2.34. The lowest BCUT2D eigenvalue weighted by molar-refractivity contribution is 0.102. The molecular weight excluding hydrogens is 355 g/mol. The normalized spacial score (nSPS) is 10.8. The molecule has 6 nitrogen and oxygen atoms in total. The zero-order chi connectivity index (χ0) is 17.9. The monoisotopic (exact) mass is 368 g/mol. The van der Waals surface area contributed by atoms with E-state index in [2.05, 4.69) is 20.3 Å². The lowest BCUT2D eigenvalue weighted by Crippen LogP contribution is -2.13. The molecule has 0 aliphatic carbocycles. The number of aromatic amines is 1. The Bertz CT molecular complexity index is 1030. The third kappa shape index (κ3) is 3.55. The third-order valence-corrected chi connectivity index (χ3v) is 4.40. The smallest absolute Gasteiger partial charge is 0.277 e. The van der Waals surface area contributed by atoms with Gasteiger partial charge in [-0.3, -0.25) is 10.1 Å². The molecule has 2 heterocycles. The number of thiazole rings is 1. The molecule has 0 unspecified atom stereocenters. The molecule has 0 spiro atoms. The molecule has 0 radical (unpaired) electrons. The molecule has 2 N–H and O–H groups in total. The highest BCUT2D eigenvalue weighted by atomic mass is 32.1. The SMILES string of the molecule is O=C(Nc1nc2ccccc2[nH]1)c1csc(COc2ccc(F)cc2)n1. The Kier molecular flexibility index (Phi) is 4.32. The Morgan fingerprint density at radius 2 is 1.96 bits per heavy atom. The van der Waals surface area contributed by atoms with Gasteiger partial charge in [0.05, 0.1) is 11.0 Å². The Hall–Kier alpha value is -3.26. The number of H-pyrrole nitrogens is 1. The predicted molar refractivity (Wildman–Crippen MR) is 96.9 cm³/mol. The number of amides is 1. The molecule has 2 aromatic carbocycles. The fourth-order valence-corrected chi connectivity index (χ4v) is 3.03. The number of benzene rings is 2. The van der Waals surface area contributed by atoms with Gasteiger partial charge in [0.15, 0.2) is 0 Å². The number of hydrogen-bond acceptors (Lipinski definition) is 5. The van der Waals surface area contributed by atoms with Crippen molar-refractivity contribution in [3.63, 3.8) is 0 Å². The molecule has 0 bridgehead atoms. The van der Waals surface area contributed by atoms with E-state index in [4.69, 9.17) is 4.74 Å². The predicted octanol–water partition coefficient (Wildman–Crippen LogP) is 3.99. The molecule has 0 fully saturated rings. The van der Waals surface area contributed by atoms with Crippen molar-refractivity contribution in [2.75, 3.05) is 5.32 Å². The first-order chi connectivity index (χ1) is 12.7. The first-order valence-corrected chi connectivity index (χ1v) is 8.64. The fraction of sp³-hybridized carbons (Fsp3) is 0.0556. The van der Waals surface area contributed by atoms with Crippen molar-refractivity contribution in [3.8, 4) is 5.75 Å². The molecule has 8 heteroatoms. The maximum Gasteiger partial charge on any atom is 0.277 e. The number of nitrogens with one attached hydrogen (secondary N) is 2. The summed E-state index contributed by atoms with van der Waals surface area (Å²) < 4.78 is 18.4. The molecule has 0 atom stereocenters. The Labute approximate surface area is 151 Å². The summed E-state index contributed by atoms with van der Waals surface area (Å²) in [6, 6.07) is 13.2. The summed E-state index contributed by atoms with van der Waals surface area (Å²) in [7, 11) is 0. The number of carbonyl (C=O) groups excluding carboxylic acids is 1. The zero-order valence-corrected chi connectivity index (χ0v) is 14.2. The Balaban J connectivity index is 1.40. The molecule has 4 aromatic rings. The van der Waals surface area contributed by atoms with Crippen LogP contribution >= 0.6 is 11.3 Å². The molecule has 26 heavy (non-hydrogen) atoms. The van der Waals surface area contributed by atoms with Crippen molar-refractivity contribution < 1.29 is 13.9 Å². The quantitative estimate of drug-likeness (QED) is 0.558. The van der Waals surface area contributed by atoms with Gasteiger partial charge in [-0.2, -0.15) is 0 Å². The summed E-state index contributed by atoms with van der Waals surface area (Å²) in [4.78, 5) is 23.9. The highest BCUT2D eigenvalue weighted by molar-refractivity contribution is 7.09. The number of halogens is 1. The van der Waals surface area contributed by atoms with Crippen LogP contribution in [0.2, 0.25) is 0 Å². The van der Waals surface area contributed by atoms with Crippen LogP contribution in [0.5, 0.6) is 5.75 Å². The number of imidazole rings is 1. The van der Waals surface area contributed by atoms with Crippen molar-refractivity contribution >= 4 is 34.2 Å². The standard InChI is InChI=1S/C18H13FN4O2S/c19-11-5-7-12(8-6-11)25-9-16-20-15(10-26-16)17(24)23-18-21-13-3-1-2-4-14(13)22-18/h1-8,10H,9H2,(H2,21,22,23,24). The van der Waals surface area contributed by atoms with Crippen molar-refractivity contribution in [2.24, 2.45) is 0 Å². The third-order valence-electron chi connectivity index (χ3n) is 3.58. The van der Waals surface area contributed by atoms with E-state index in [0.29, 0.717) is 16.7 Å². The van der Waals surface area contributed by atoms with Gasteiger partial charge in [-0.25, -0.2) is 14.4 Å². The maximum atomic E-state index is 12.9. The minimum absolute atomic E-state index is 0.203. The first-order valence-electron chi connectivity index (χ1n) is 7.76. The van der Waals surface area contributed by atoms with Crippen LogP contribution in [0, 0.1) is 5.82 Å². The summed E-state index contributed by atoms with van der Waals surface area (Å²) in [5, 5.41) is 4.99. The van der Waals surface area contributed by atoms with Gasteiger partial charge in [0, 0.05) is 5.38 Å². The van der Waals surface area contributed by atoms with Gasteiger partial charge in [-0.1, -0.05) is 12.1 Å². The molecular formula is C18H13FN4O2S. The molecule has 0 aliphatic heterocycles. The van der Waals surface area contributed by atoms with E-state index in [-0.39, 0.29) is 24.0 Å². The first kappa shape index (κ1) is 16.2. The van der Waals surface area contributed by atoms with Gasteiger partial charge in [0.2, 0.25) is 5.95 Å². The second-order valence-electron chi connectivity index (χ2n) is 5.43. The summed E-state index contributed by atoms with van der Waals surface area (Å²) in [6.07, 6.45) is 0. The number of hydrogen-bond donors (Lipinski definition) is 2. The van der Waals surface area contributed by atoms with Crippen LogP contribution in [-0.4, -0.2) is 20.9 Å². The number of carbonyl (C=O) groups is 1. The Morgan fingerprint density at radius 3 is 2.77 bits per heavy atom. The Morgan fingerprint density at radius 1 is 1.15 bits per heavy atom. The van der Waals surface area contributed by atoms with Crippen LogP contribution in [0.1, 0.15) is 15.5 Å². The highest BCUT2D eigenvalue weighted by Gasteiger charge is 2.13. The second-order valence-corrected chi connectivity index (χ2v) is 6.37. The van der Waals surface area contributed by atoms with Crippen molar-refractivity contribution in [2.45, 2.75) is 6.61 Å². The van der Waals surface area contributed by atoms with Gasteiger partial charge in [-0.15, -0.1) is 11.3 Å². The van der Waals surface area contributed by atoms with Gasteiger partial charge in [0.1, 0.15) is 28.9 Å². The van der Waals surface area contributed by atoms with Crippen molar-refractivity contribution in [1.29, 1.82) is 0 Å². The van der Waals surface area contributed by atoms with Crippen molar-refractivity contribution in [3.05, 3.63) is 70.4 Å². The van der Waals surface area contributed by atoms with Gasteiger partial charge < -0.3 is 9.72 Å². The largest absolute Gasteiger partial charge is 0.486 e. The van der Waals surface area contributed by atoms with E-state index in [9.17, 15) is 9.18 Å². The van der Waals surface area contributed by atoms with Crippen molar-refractivity contribution in [1.82, 2.24) is 15.0 Å². The van der Waals surface area contributed by atoms with E-state index in [0.717, 1.165) is 11.0 Å². The summed E-state index contributed by atoms with van der Waals surface area (Å²) in [5.41, 5.74) is 1.90. The number of anilines is 1. The molecule has 1 amide bonds. The number of nitrogens with zero attached hydrogens (tertiary/aromatic N) is 2. The highest BCUT2D eigenvalue weighted by Crippen LogP contribution is 2.17. The summed E-state index contributed by atoms with van der Waals surface area (Å²) in [6.45, 7) is 0.203. The van der Waals surface area contributed by atoms with Crippen LogP contribution in [0.25, 0.3) is 11.0 Å². The molecule has 0 saturated heterocycles. The van der Waals surface area contributed by atoms with E-state index in [1.54, 1.807) is 5.38 Å². The van der Waals surface area contributed by atoms with E-state index >= 15 is 0 Å². The number of fused-ring (bicyclic) bond motifs is 1. The summed E-state index contributed by atoms with van der Waals surface area (Å²) >= 11 is 1.31. The average molecular weight is 368 g/mol. The van der Waals surface area contributed by atoms with Crippen LogP contribution in [0.15, 0.2) is 53.9 Å². The molecule has 2 aromatic heterocycles. The van der Waals surface area contributed by atoms with E-state index in [1.165, 1.54) is 35.6 Å². The minimum Gasteiger partial charge on any atom is -0.486 e. The summed E-state index contributed by atoms with van der Waals surface area (Å²) in [5.74, 6) is 0.229. The van der Waals surface area contributed by atoms with E-state index < -0.39 is 0 Å². The van der Waals surface area contributed by atoms with Crippen LogP contribution in [0.4, 0.5) is 10.3 Å². The number of aromatic nitrogens is 3. The zero-order valence-electron chi connectivity index (χ0n) is 13.4. The van der Waals surface area contributed by atoms with E-state index in [1.807, 2.05) is 24.3 Å². The van der Waals surface area contributed by atoms with Crippen LogP contribution < -0.4 is 10.1 Å². The minimum atomic E-state index is -0.353. The van der Waals surface area contributed by atoms with Crippen LogP contribution in [-0.2, 0) is 6.61 Å². The van der Waals surface area contributed by atoms with Gasteiger partial charge in [-0.05, 0) is 36.4 Å². The van der Waals surface area contributed by atoms with Gasteiger partial charge >= 0.3 is 0 Å². The molecule has 130 valence electrons. The van der Waals surface area contributed by atoms with Gasteiger partial charge in [0.25, 0.3) is 5.91 Å². The lowest BCUT2D eigenvalue weighted by Gasteiger charge is -2.03. The molecule has 4 rings (SSSR count). The maximum absolute atomic E-state index is 12.9. The van der Waals surface area contributed by atoms with Crippen LogP contribution in [0.3, 0.4) is 0 Å². The number of ether oxygens (including phenoxy) is 1. The lowest BCUT2D eigenvalue weighted by atomic mass is 10.3.